The predicted octanol–water partition coefficient (Wildman–Crippen LogP) is 2.90. The molecule has 0 heterocycles. The maximum absolute atomic E-state index is 12.8. The first-order valence-electron chi connectivity index (χ1n) is 6.66. The van der Waals surface area contributed by atoms with Gasteiger partial charge in [0.1, 0.15) is 0 Å². The highest BCUT2D eigenvalue weighted by Crippen LogP contribution is 2.28. The standard InChI is InChI=1S/C14H22ClNO3S2/c1-5-13(9-20-4)16(3)21(18,19)14-7-12(15)6-11(8-17)10(14)2/h6-7,13,17H,5,8-9H2,1-4H3. The van der Waals surface area contributed by atoms with Gasteiger partial charge in [0.2, 0.25) is 10.0 Å². The number of nitrogens with zero attached hydrogens (tertiary/aromatic N) is 1. The summed E-state index contributed by atoms with van der Waals surface area (Å²) in [6.45, 7) is 3.43. The van der Waals surface area contributed by atoms with Crippen LogP contribution in [0.5, 0.6) is 0 Å². The zero-order valence-corrected chi connectivity index (χ0v) is 15.1. The fraction of sp³-hybridized carbons (Fsp3) is 0.571. The molecule has 0 aliphatic heterocycles. The Hall–Kier alpha value is -0.270. The number of hydrogen-bond acceptors (Lipinski definition) is 4. The molecule has 7 heteroatoms. The highest BCUT2D eigenvalue weighted by molar-refractivity contribution is 7.98. The average Bonchev–Trinajstić information content (AvgIpc) is 2.45. The molecule has 1 rings (SSSR count). The van der Waals surface area contributed by atoms with Gasteiger partial charge in [-0.05, 0) is 42.9 Å². The summed E-state index contributed by atoms with van der Waals surface area (Å²) in [5, 5.41) is 9.66. The Balaban J connectivity index is 3.33. The average molecular weight is 352 g/mol. The molecule has 0 aromatic heterocycles. The number of benzene rings is 1. The minimum absolute atomic E-state index is 0.0686. The second-order valence-corrected chi connectivity index (χ2v) is 8.20. The topological polar surface area (TPSA) is 57.6 Å². The molecule has 1 N–H and O–H groups in total. The lowest BCUT2D eigenvalue weighted by atomic mass is 10.1. The molecule has 0 radical (unpaired) electrons. The monoisotopic (exact) mass is 351 g/mol. The van der Waals surface area contributed by atoms with E-state index < -0.39 is 10.0 Å². The number of aliphatic hydroxyl groups excluding tert-OH is 1. The van der Waals surface area contributed by atoms with E-state index in [4.69, 9.17) is 11.6 Å². The summed E-state index contributed by atoms with van der Waals surface area (Å²) in [7, 11) is -2.04. The van der Waals surface area contributed by atoms with E-state index in [1.807, 2.05) is 13.2 Å². The molecule has 0 spiro atoms. The lowest BCUT2D eigenvalue weighted by Gasteiger charge is -2.27. The minimum atomic E-state index is -3.63. The molecule has 0 bridgehead atoms. The summed E-state index contributed by atoms with van der Waals surface area (Å²) < 4.78 is 27.1. The molecule has 0 saturated carbocycles. The normalized spacial score (nSPS) is 13.7. The third-order valence-electron chi connectivity index (χ3n) is 3.60. The van der Waals surface area contributed by atoms with Crippen LogP contribution in [0.15, 0.2) is 17.0 Å². The van der Waals surface area contributed by atoms with E-state index in [0.29, 0.717) is 16.1 Å². The molecule has 1 unspecified atom stereocenters. The maximum Gasteiger partial charge on any atom is 0.243 e. The van der Waals surface area contributed by atoms with E-state index in [2.05, 4.69) is 0 Å². The number of halogens is 1. The number of aliphatic hydroxyl groups is 1. The Morgan fingerprint density at radius 2 is 2.05 bits per heavy atom. The summed E-state index contributed by atoms with van der Waals surface area (Å²) >= 11 is 7.60. The van der Waals surface area contributed by atoms with Gasteiger partial charge >= 0.3 is 0 Å². The first-order valence-corrected chi connectivity index (χ1v) is 9.87. The van der Waals surface area contributed by atoms with Crippen molar-refractivity contribution in [3.8, 4) is 0 Å². The van der Waals surface area contributed by atoms with Gasteiger partial charge in [-0.15, -0.1) is 0 Å². The van der Waals surface area contributed by atoms with E-state index in [1.54, 1.807) is 31.8 Å². The quantitative estimate of drug-likeness (QED) is 0.820. The van der Waals surface area contributed by atoms with E-state index in [0.717, 1.165) is 12.2 Å². The van der Waals surface area contributed by atoms with E-state index in [1.165, 1.54) is 10.4 Å². The van der Waals surface area contributed by atoms with Gasteiger partial charge < -0.3 is 5.11 Å². The molecule has 0 aliphatic rings. The van der Waals surface area contributed by atoms with Crippen molar-refractivity contribution in [2.75, 3.05) is 19.1 Å². The Morgan fingerprint density at radius 3 is 2.52 bits per heavy atom. The van der Waals surface area contributed by atoms with Gasteiger partial charge in [-0.3, -0.25) is 0 Å². The zero-order chi connectivity index (χ0) is 16.2. The third-order valence-corrected chi connectivity index (χ3v) is 6.58. The summed E-state index contributed by atoms with van der Waals surface area (Å²) in [4.78, 5) is 0.168. The van der Waals surface area contributed by atoms with Gasteiger partial charge in [0.25, 0.3) is 0 Å². The Kier molecular flexibility index (Phi) is 7.00. The van der Waals surface area contributed by atoms with Gasteiger partial charge in [0.15, 0.2) is 0 Å². The second-order valence-electron chi connectivity index (χ2n) is 4.88. The van der Waals surface area contributed by atoms with Gasteiger partial charge in [-0.1, -0.05) is 18.5 Å². The summed E-state index contributed by atoms with van der Waals surface area (Å²) in [5.41, 5.74) is 1.08. The molecule has 1 atom stereocenters. The molecule has 1 aromatic carbocycles. The molecule has 0 amide bonds. The predicted molar refractivity (Wildman–Crippen MR) is 89.5 cm³/mol. The lowest BCUT2D eigenvalue weighted by Crippen LogP contribution is -2.38. The van der Waals surface area contributed by atoms with Crippen molar-refractivity contribution < 1.29 is 13.5 Å². The second kappa shape index (κ2) is 7.83. The number of hydrogen-bond donors (Lipinski definition) is 1. The molecular formula is C14H22ClNO3S2. The molecule has 0 saturated heterocycles. The van der Waals surface area contributed by atoms with Gasteiger partial charge in [0.05, 0.1) is 11.5 Å². The van der Waals surface area contributed by atoms with Crippen LogP contribution in [0.1, 0.15) is 24.5 Å². The van der Waals surface area contributed by atoms with E-state index >= 15 is 0 Å². The third kappa shape index (κ3) is 4.13. The highest BCUT2D eigenvalue weighted by atomic mass is 35.5. The largest absolute Gasteiger partial charge is 0.392 e. The van der Waals surface area contributed by atoms with Crippen LogP contribution in [-0.2, 0) is 16.6 Å². The van der Waals surface area contributed by atoms with Crippen LogP contribution < -0.4 is 0 Å². The van der Waals surface area contributed by atoms with Gasteiger partial charge in [-0.25, -0.2) is 8.42 Å². The van der Waals surface area contributed by atoms with Gasteiger partial charge in [0, 0.05) is 23.9 Å². The van der Waals surface area contributed by atoms with Crippen LogP contribution in [0.4, 0.5) is 0 Å². The summed E-state index contributed by atoms with van der Waals surface area (Å²) in [5.74, 6) is 0.735. The Bertz CT molecular complexity index is 590. The number of rotatable bonds is 7. The molecule has 120 valence electrons. The Labute approximate surface area is 136 Å². The molecule has 0 aliphatic carbocycles. The Morgan fingerprint density at radius 1 is 1.43 bits per heavy atom. The summed E-state index contributed by atoms with van der Waals surface area (Å²) in [6, 6.07) is 2.98. The van der Waals surface area contributed by atoms with Crippen molar-refractivity contribution in [2.45, 2.75) is 37.8 Å². The van der Waals surface area contributed by atoms with Crippen LogP contribution in [0.2, 0.25) is 5.02 Å². The molecular weight excluding hydrogens is 330 g/mol. The van der Waals surface area contributed by atoms with Crippen molar-refractivity contribution in [1.29, 1.82) is 0 Å². The molecule has 1 aromatic rings. The number of thioether (sulfide) groups is 1. The van der Waals surface area contributed by atoms with Crippen LogP contribution in [0.25, 0.3) is 0 Å². The van der Waals surface area contributed by atoms with Gasteiger partial charge in [-0.2, -0.15) is 16.1 Å². The number of sulfonamides is 1. The summed E-state index contributed by atoms with van der Waals surface area (Å²) in [6.07, 6.45) is 2.70. The van der Waals surface area contributed by atoms with Crippen LogP contribution in [-0.4, -0.2) is 42.9 Å². The van der Waals surface area contributed by atoms with Crippen molar-refractivity contribution in [3.63, 3.8) is 0 Å². The molecule has 4 nitrogen and oxygen atoms in total. The fourth-order valence-corrected chi connectivity index (χ4v) is 5.13. The SMILES string of the molecule is CCC(CSC)N(C)S(=O)(=O)c1cc(Cl)cc(CO)c1C. The van der Waals surface area contributed by atoms with E-state index in [-0.39, 0.29) is 17.5 Å². The van der Waals surface area contributed by atoms with Crippen molar-refractivity contribution in [1.82, 2.24) is 4.31 Å². The fourth-order valence-electron chi connectivity index (χ4n) is 2.16. The first-order chi connectivity index (χ1) is 9.79. The first kappa shape index (κ1) is 18.8. The van der Waals surface area contributed by atoms with Crippen molar-refractivity contribution >= 4 is 33.4 Å². The maximum atomic E-state index is 12.8. The molecule has 0 fully saturated rings. The minimum Gasteiger partial charge on any atom is -0.392 e. The van der Waals surface area contributed by atoms with Crippen LogP contribution in [0, 0.1) is 6.92 Å². The highest BCUT2D eigenvalue weighted by Gasteiger charge is 2.29. The lowest BCUT2D eigenvalue weighted by molar-refractivity contribution is 0.280. The zero-order valence-electron chi connectivity index (χ0n) is 12.8. The smallest absolute Gasteiger partial charge is 0.243 e. The van der Waals surface area contributed by atoms with Crippen molar-refractivity contribution in [2.24, 2.45) is 0 Å². The van der Waals surface area contributed by atoms with Crippen LogP contribution in [0.3, 0.4) is 0 Å². The molecule has 21 heavy (non-hydrogen) atoms. The van der Waals surface area contributed by atoms with Crippen LogP contribution >= 0.6 is 23.4 Å². The van der Waals surface area contributed by atoms with E-state index in [9.17, 15) is 13.5 Å². The van der Waals surface area contributed by atoms with Crippen molar-refractivity contribution in [3.05, 3.63) is 28.3 Å².